The van der Waals surface area contributed by atoms with E-state index < -0.39 is 0 Å². The van der Waals surface area contributed by atoms with Gasteiger partial charge in [-0.2, -0.15) is 25.5 Å². The van der Waals surface area contributed by atoms with Crippen LogP contribution in [0.3, 0.4) is 0 Å². The van der Waals surface area contributed by atoms with Gasteiger partial charge in [-0.25, -0.2) is 15.0 Å². The minimum absolute atomic E-state index is 0.889. The molecule has 0 spiro atoms. The summed E-state index contributed by atoms with van der Waals surface area (Å²) in [4.78, 5) is 35.6. The van der Waals surface area contributed by atoms with Crippen molar-refractivity contribution in [3.63, 3.8) is 0 Å². The number of pyridine rings is 2. The second-order valence-electron chi connectivity index (χ2n) is 16.5. The monoisotopic (exact) mass is 1360 g/mol. The number of aromatic nitrogens is 13. The standard InChI is InChI=1S/2C9H7N.4C8H6N2.C5H6.2C4H5N.C3H3N3.10C2H6/c1-2-6-9-8(4-1)5-3-7-10-9;1-2-4-9-7-10-6-5-8(9)3-1;1-2-4-8-7(3-1)5-9-6-10-8;1-2-4-8-6-10-9-5-7(8)3-1;1-2-4-8-7(3-1)9-5-6-10-8;1-2-4-8-7(3-1)5-6-9-10-8;3*1-2-4-5-3-1;1-2-5-6-3-4-1;10*1-2/h2*1-7H;4*1-6H;1-4H,5H2;1,3-4H,2H2;1-3H,4H2;1-3H;10*1-2H3. The van der Waals surface area contributed by atoms with Crippen LogP contribution in [0.15, 0.2) is 309 Å². The highest BCUT2D eigenvalue weighted by Gasteiger charge is 1.92. The highest BCUT2D eigenvalue weighted by molar-refractivity contribution is 5.82. The zero-order valence-corrected chi connectivity index (χ0v) is 64.3. The van der Waals surface area contributed by atoms with Crippen molar-refractivity contribution in [2.24, 2.45) is 9.98 Å². The van der Waals surface area contributed by atoms with Crippen molar-refractivity contribution in [3.8, 4) is 0 Å². The molecular weight excluding hydrogens is 1240 g/mol. The Balaban J connectivity index is -0.000000507. The summed E-state index contributed by atoms with van der Waals surface area (Å²) in [5.41, 5.74) is 4.91. The van der Waals surface area contributed by atoms with E-state index in [4.69, 9.17) is 0 Å². The van der Waals surface area contributed by atoms with E-state index in [-0.39, 0.29) is 0 Å². The molecule has 15 nitrogen and oxygen atoms in total. The molecule has 0 saturated carbocycles. The van der Waals surface area contributed by atoms with E-state index in [1.807, 2.05) is 333 Å². The Morgan fingerprint density at radius 3 is 1.09 bits per heavy atom. The second kappa shape index (κ2) is 77.8. The van der Waals surface area contributed by atoms with Gasteiger partial charge in [-0.15, -0.1) is 5.10 Å². The lowest BCUT2D eigenvalue weighted by atomic mass is 10.2. The predicted molar refractivity (Wildman–Crippen MR) is 443 cm³/mol. The maximum atomic E-state index is 4.18. The highest BCUT2D eigenvalue weighted by Crippen LogP contribution is 2.12. The number of rotatable bonds is 0. The Hall–Kier alpha value is -11.2. The second-order valence-corrected chi connectivity index (χ2v) is 16.5. The van der Waals surface area contributed by atoms with Crippen LogP contribution in [0.1, 0.15) is 151 Å². The summed E-state index contributed by atoms with van der Waals surface area (Å²) < 4.78 is 0. The van der Waals surface area contributed by atoms with Crippen LogP contribution in [0.4, 0.5) is 0 Å². The number of para-hydroxylation sites is 4. The lowest BCUT2D eigenvalue weighted by molar-refractivity contribution is 0.969. The molecule has 0 saturated heterocycles. The van der Waals surface area contributed by atoms with Crippen molar-refractivity contribution in [2.45, 2.75) is 151 Å². The largest absolute Gasteiger partial charge is 0.289 e. The quantitative estimate of drug-likeness (QED) is 0.139. The number of allylic oxidation sites excluding steroid dienone is 6. The van der Waals surface area contributed by atoms with E-state index in [1.54, 1.807) is 55.9 Å². The van der Waals surface area contributed by atoms with E-state index in [1.165, 1.54) is 28.7 Å². The summed E-state index contributed by atoms with van der Waals surface area (Å²) in [5.74, 6) is 0. The molecule has 0 radical (unpaired) electrons. The number of hydrogen-bond donors (Lipinski definition) is 0. The molecule has 0 N–H and O–H groups in total. The van der Waals surface area contributed by atoms with E-state index >= 15 is 0 Å². The van der Waals surface area contributed by atoms with Gasteiger partial charge in [0.1, 0.15) is 12.7 Å². The number of benzene rings is 6. The minimum Gasteiger partial charge on any atom is -0.289 e. The summed E-state index contributed by atoms with van der Waals surface area (Å²) in [6, 6.07) is 55.9. The van der Waals surface area contributed by atoms with E-state index in [0.717, 1.165) is 68.5 Å². The van der Waals surface area contributed by atoms with E-state index in [9.17, 15) is 0 Å². The average molecular weight is 1360 g/mol. The molecule has 101 heavy (non-hydrogen) atoms. The Kier molecular flexibility index (Phi) is 74.1. The maximum absolute atomic E-state index is 4.18. The number of aliphatic imine (C=N–C) groups is 2. The predicted octanol–water partition coefficient (Wildman–Crippen LogP) is 24.2. The van der Waals surface area contributed by atoms with Gasteiger partial charge in [0, 0.05) is 95.4 Å². The smallest absolute Gasteiger partial charge is 0.138 e. The lowest BCUT2D eigenvalue weighted by Crippen LogP contribution is -1.79. The van der Waals surface area contributed by atoms with E-state index in [2.05, 4.69) is 124 Å². The van der Waals surface area contributed by atoms with Crippen molar-refractivity contribution in [2.75, 3.05) is 6.54 Å². The van der Waals surface area contributed by atoms with Gasteiger partial charge >= 0.3 is 0 Å². The molecule has 0 unspecified atom stereocenters. The number of hydrogen-bond acceptors (Lipinski definition) is 15. The molecule has 16 rings (SSSR count). The first-order valence-electron chi connectivity index (χ1n) is 35.7. The van der Waals surface area contributed by atoms with Crippen LogP contribution in [0.25, 0.3) is 65.3 Å². The molecule has 2 aliphatic heterocycles. The van der Waals surface area contributed by atoms with Gasteiger partial charge in [-0.1, -0.05) is 296 Å². The van der Waals surface area contributed by atoms with Crippen molar-refractivity contribution in [3.05, 3.63) is 299 Å². The average Bonchev–Trinajstić information content (AvgIpc) is 1.31. The molecule has 0 fully saturated rings. The minimum atomic E-state index is 0.889. The number of fused-ring (bicyclic) bond motifs is 6. The first-order valence-corrected chi connectivity index (χ1v) is 35.7. The molecule has 3 aliphatic rings. The Bertz CT molecular complexity index is 2990. The first kappa shape index (κ1) is 96.2. The molecule has 15 heteroatoms. The molecule has 1 aliphatic carbocycles. The Morgan fingerprint density at radius 1 is 0.257 bits per heavy atom. The summed E-state index contributed by atoms with van der Waals surface area (Å²) in [7, 11) is 0. The van der Waals surface area contributed by atoms with Gasteiger partial charge in [0.25, 0.3) is 0 Å². The third-order valence-electron chi connectivity index (χ3n) is 10.9. The highest BCUT2D eigenvalue weighted by atomic mass is 15.1. The molecule has 536 valence electrons. The summed E-state index contributed by atoms with van der Waals surface area (Å²) in [6.07, 6.45) is 43.9. The summed E-state index contributed by atoms with van der Waals surface area (Å²) in [5, 5.41) is 30.3. The van der Waals surface area contributed by atoms with Crippen LogP contribution in [0.5, 0.6) is 0 Å². The summed E-state index contributed by atoms with van der Waals surface area (Å²) >= 11 is 0. The van der Waals surface area contributed by atoms with Gasteiger partial charge in [-0.3, -0.25) is 29.9 Å². The SMILES string of the molecule is C1=CCC=C1.C1=CCN=C1.C1=CN=CC1.CC.CC.CC.CC.CC.CC.CC.CC.CC.CC.c1ccc2cnccc2c1.c1ccc2cnncc2c1.c1ccc2ncccc2c1.c1ccc2nccnc2c1.c1ccc2ncncc2c1.c1ccc2nnccc2c1.c1cnncn1. The third kappa shape index (κ3) is 48.2. The molecule has 0 atom stereocenters. The van der Waals surface area contributed by atoms with Gasteiger partial charge in [0.15, 0.2) is 0 Å². The van der Waals surface area contributed by atoms with Crippen LogP contribution >= 0.6 is 0 Å². The van der Waals surface area contributed by atoms with Crippen LogP contribution in [-0.2, 0) is 0 Å². The van der Waals surface area contributed by atoms with Gasteiger partial charge in [-0.05, 0) is 71.8 Å². The van der Waals surface area contributed by atoms with Crippen molar-refractivity contribution in [1.29, 1.82) is 0 Å². The fraction of sp³-hybridized carbons (Fsp3) is 0.267. The molecule has 6 aromatic carbocycles. The molecule has 9 heterocycles. The van der Waals surface area contributed by atoms with Gasteiger partial charge < -0.3 is 0 Å². The Morgan fingerprint density at radius 2 is 0.703 bits per heavy atom. The van der Waals surface area contributed by atoms with Gasteiger partial charge in [0.2, 0.25) is 0 Å². The normalized spacial score (nSPS) is 9.62. The zero-order valence-electron chi connectivity index (χ0n) is 64.3. The van der Waals surface area contributed by atoms with E-state index in [0.29, 0.717) is 0 Å². The first-order chi connectivity index (χ1) is 50.3. The zero-order chi connectivity index (χ0) is 75.7. The molecule has 0 amide bonds. The maximum Gasteiger partial charge on any atom is 0.138 e. The fourth-order valence-corrected chi connectivity index (χ4v) is 6.95. The van der Waals surface area contributed by atoms with Crippen LogP contribution in [0.2, 0.25) is 0 Å². The topological polar surface area (TPSA) is 192 Å². The van der Waals surface area contributed by atoms with Crippen LogP contribution < -0.4 is 0 Å². The van der Waals surface area contributed by atoms with Crippen LogP contribution in [0, 0.1) is 0 Å². The molecule has 13 aromatic rings. The van der Waals surface area contributed by atoms with Crippen molar-refractivity contribution < 1.29 is 0 Å². The Labute approximate surface area is 607 Å². The molecule has 7 aromatic heterocycles. The number of nitrogens with zero attached hydrogens (tertiary/aromatic N) is 15. The molecular formula is C86H117N15. The lowest BCUT2D eigenvalue weighted by Gasteiger charge is -1.91. The van der Waals surface area contributed by atoms with Gasteiger partial charge in [0.05, 0.1) is 58.9 Å². The fourth-order valence-electron chi connectivity index (χ4n) is 6.95. The van der Waals surface area contributed by atoms with Crippen molar-refractivity contribution >= 4 is 77.7 Å². The third-order valence-corrected chi connectivity index (χ3v) is 10.9. The summed E-state index contributed by atoms with van der Waals surface area (Å²) in [6.45, 7) is 40.9. The molecule has 0 bridgehead atoms. The van der Waals surface area contributed by atoms with Crippen LogP contribution in [-0.4, -0.2) is 84.5 Å². The van der Waals surface area contributed by atoms with Crippen molar-refractivity contribution in [1.82, 2.24) is 65.5 Å².